The summed E-state index contributed by atoms with van der Waals surface area (Å²) in [4.78, 5) is 13.7. The summed E-state index contributed by atoms with van der Waals surface area (Å²) in [5, 5.41) is 3.21. The van der Waals surface area contributed by atoms with Crippen LogP contribution in [0.3, 0.4) is 0 Å². The molecule has 1 aromatic carbocycles. The Hall–Kier alpha value is -1.35. The van der Waals surface area contributed by atoms with Crippen LogP contribution >= 0.6 is 0 Å². The number of likely N-dealkylation sites (tertiary alicyclic amines) is 1. The number of carbonyl (C=O) groups excluding carboxylic acids is 1. The van der Waals surface area contributed by atoms with Crippen molar-refractivity contribution >= 4 is 5.91 Å². The second-order valence-corrected chi connectivity index (χ2v) is 4.68. The number of amides is 1. The summed E-state index contributed by atoms with van der Waals surface area (Å²) in [5.41, 5.74) is 2.49. The highest BCUT2D eigenvalue weighted by Gasteiger charge is 2.16. The van der Waals surface area contributed by atoms with Gasteiger partial charge in [0.25, 0.3) is 0 Å². The van der Waals surface area contributed by atoms with E-state index < -0.39 is 0 Å². The molecule has 17 heavy (non-hydrogen) atoms. The van der Waals surface area contributed by atoms with Gasteiger partial charge in [-0.15, -0.1) is 0 Å². The van der Waals surface area contributed by atoms with E-state index >= 15 is 0 Å². The predicted octanol–water partition coefficient (Wildman–Crippen LogP) is 1.71. The van der Waals surface area contributed by atoms with Crippen molar-refractivity contribution in [3.8, 4) is 0 Å². The number of rotatable bonds is 4. The smallest absolute Gasteiger partial charge is 0.236 e. The van der Waals surface area contributed by atoms with E-state index in [1.807, 2.05) is 4.90 Å². The van der Waals surface area contributed by atoms with Crippen LogP contribution in [-0.2, 0) is 11.3 Å². The minimum absolute atomic E-state index is 0.231. The summed E-state index contributed by atoms with van der Waals surface area (Å²) in [7, 11) is 0. The molecule has 3 heteroatoms. The van der Waals surface area contributed by atoms with E-state index in [9.17, 15) is 4.79 Å². The number of carbonyl (C=O) groups is 1. The quantitative estimate of drug-likeness (QED) is 0.857. The summed E-state index contributed by atoms with van der Waals surface area (Å²) < 4.78 is 0. The number of hydrogen-bond donors (Lipinski definition) is 1. The Morgan fingerprint density at radius 2 is 1.88 bits per heavy atom. The second-order valence-electron chi connectivity index (χ2n) is 4.68. The maximum absolute atomic E-state index is 11.8. The number of aryl methyl sites for hydroxylation is 1. The zero-order valence-corrected chi connectivity index (χ0v) is 10.4. The van der Waals surface area contributed by atoms with Crippen molar-refractivity contribution in [2.45, 2.75) is 26.3 Å². The van der Waals surface area contributed by atoms with E-state index in [0.717, 1.165) is 32.5 Å². The molecule has 92 valence electrons. The van der Waals surface area contributed by atoms with Crippen molar-refractivity contribution in [2.75, 3.05) is 19.6 Å². The van der Waals surface area contributed by atoms with Gasteiger partial charge in [0.2, 0.25) is 5.91 Å². The molecule has 2 rings (SSSR count). The SMILES string of the molecule is Cc1ccc(CNCC(=O)N2CCCC2)cc1. The minimum atomic E-state index is 0.231. The number of nitrogens with one attached hydrogen (secondary N) is 1. The van der Waals surface area contributed by atoms with E-state index in [2.05, 4.69) is 36.5 Å². The largest absolute Gasteiger partial charge is 0.342 e. The lowest BCUT2D eigenvalue weighted by molar-refractivity contribution is -0.129. The lowest BCUT2D eigenvalue weighted by Gasteiger charge is -2.15. The van der Waals surface area contributed by atoms with Gasteiger partial charge in [-0.05, 0) is 25.3 Å². The zero-order chi connectivity index (χ0) is 12.1. The van der Waals surface area contributed by atoms with Gasteiger partial charge in [0.1, 0.15) is 0 Å². The molecule has 0 aliphatic carbocycles. The zero-order valence-electron chi connectivity index (χ0n) is 10.4. The fourth-order valence-corrected chi connectivity index (χ4v) is 2.10. The van der Waals surface area contributed by atoms with Crippen LogP contribution in [0.1, 0.15) is 24.0 Å². The van der Waals surface area contributed by atoms with Gasteiger partial charge in [-0.25, -0.2) is 0 Å². The molecule has 3 nitrogen and oxygen atoms in total. The lowest BCUT2D eigenvalue weighted by Crippen LogP contribution is -2.35. The molecular formula is C14H20N2O. The maximum Gasteiger partial charge on any atom is 0.236 e. The number of benzene rings is 1. The molecule has 1 aliphatic rings. The van der Waals surface area contributed by atoms with Gasteiger partial charge in [-0.2, -0.15) is 0 Å². The van der Waals surface area contributed by atoms with Gasteiger partial charge in [0.05, 0.1) is 6.54 Å². The van der Waals surface area contributed by atoms with Crippen LogP contribution in [0.2, 0.25) is 0 Å². The molecule has 0 atom stereocenters. The van der Waals surface area contributed by atoms with E-state index in [0.29, 0.717) is 6.54 Å². The highest BCUT2D eigenvalue weighted by molar-refractivity contribution is 5.78. The van der Waals surface area contributed by atoms with Crippen molar-refractivity contribution in [3.05, 3.63) is 35.4 Å². The summed E-state index contributed by atoms with van der Waals surface area (Å²) in [6.45, 7) is 5.16. The lowest BCUT2D eigenvalue weighted by atomic mass is 10.1. The molecule has 1 aromatic rings. The Morgan fingerprint density at radius 3 is 2.53 bits per heavy atom. The summed E-state index contributed by atoms with van der Waals surface area (Å²) in [6, 6.07) is 8.39. The Labute approximate surface area is 103 Å². The van der Waals surface area contributed by atoms with Gasteiger partial charge in [-0.1, -0.05) is 29.8 Å². The Morgan fingerprint density at radius 1 is 1.24 bits per heavy atom. The molecule has 1 fully saturated rings. The van der Waals surface area contributed by atoms with Gasteiger partial charge in [0.15, 0.2) is 0 Å². The van der Waals surface area contributed by atoms with Crippen molar-refractivity contribution in [3.63, 3.8) is 0 Å². The summed E-state index contributed by atoms with van der Waals surface area (Å²) in [6.07, 6.45) is 2.31. The highest BCUT2D eigenvalue weighted by Crippen LogP contribution is 2.07. The van der Waals surface area contributed by atoms with E-state index in [1.165, 1.54) is 11.1 Å². The maximum atomic E-state index is 11.8. The Balaban J connectivity index is 1.72. The van der Waals surface area contributed by atoms with E-state index in [-0.39, 0.29) is 5.91 Å². The first kappa shape index (κ1) is 12.1. The average molecular weight is 232 g/mol. The van der Waals surface area contributed by atoms with Gasteiger partial charge >= 0.3 is 0 Å². The van der Waals surface area contributed by atoms with Crippen LogP contribution in [0.5, 0.6) is 0 Å². The fraction of sp³-hybridized carbons (Fsp3) is 0.500. The molecule has 1 N–H and O–H groups in total. The van der Waals surface area contributed by atoms with Crippen LogP contribution in [0, 0.1) is 6.92 Å². The van der Waals surface area contributed by atoms with Crippen molar-refractivity contribution in [1.82, 2.24) is 10.2 Å². The molecule has 0 spiro atoms. The third-order valence-electron chi connectivity index (χ3n) is 3.18. The van der Waals surface area contributed by atoms with Crippen LogP contribution in [0.15, 0.2) is 24.3 Å². The summed E-state index contributed by atoms with van der Waals surface area (Å²) in [5.74, 6) is 0.231. The molecule has 1 saturated heterocycles. The first-order chi connectivity index (χ1) is 8.25. The first-order valence-corrected chi connectivity index (χ1v) is 6.30. The predicted molar refractivity (Wildman–Crippen MR) is 68.7 cm³/mol. The molecular weight excluding hydrogens is 212 g/mol. The number of nitrogens with zero attached hydrogens (tertiary/aromatic N) is 1. The standard InChI is InChI=1S/C14H20N2O/c1-12-4-6-13(7-5-12)10-15-11-14(17)16-8-2-3-9-16/h4-7,15H,2-3,8-11H2,1H3. The summed E-state index contributed by atoms with van der Waals surface area (Å²) >= 11 is 0. The molecule has 0 saturated carbocycles. The average Bonchev–Trinajstić information content (AvgIpc) is 2.85. The van der Waals surface area contributed by atoms with E-state index in [1.54, 1.807) is 0 Å². The van der Waals surface area contributed by atoms with Gasteiger partial charge in [-0.3, -0.25) is 4.79 Å². The van der Waals surface area contributed by atoms with Crippen molar-refractivity contribution in [2.24, 2.45) is 0 Å². The molecule has 1 aliphatic heterocycles. The highest BCUT2D eigenvalue weighted by atomic mass is 16.2. The van der Waals surface area contributed by atoms with Crippen molar-refractivity contribution < 1.29 is 4.79 Å². The Bertz CT molecular complexity index is 366. The molecule has 0 unspecified atom stereocenters. The second kappa shape index (κ2) is 5.82. The molecule has 1 heterocycles. The minimum Gasteiger partial charge on any atom is -0.342 e. The monoisotopic (exact) mass is 232 g/mol. The van der Waals surface area contributed by atoms with Gasteiger partial charge in [0, 0.05) is 19.6 Å². The Kier molecular flexibility index (Phi) is 4.15. The van der Waals surface area contributed by atoms with Crippen LogP contribution in [0.4, 0.5) is 0 Å². The topological polar surface area (TPSA) is 32.3 Å². The van der Waals surface area contributed by atoms with Crippen LogP contribution in [0.25, 0.3) is 0 Å². The van der Waals surface area contributed by atoms with Crippen molar-refractivity contribution in [1.29, 1.82) is 0 Å². The third kappa shape index (κ3) is 3.56. The molecule has 0 radical (unpaired) electrons. The fourth-order valence-electron chi connectivity index (χ4n) is 2.10. The van der Waals surface area contributed by atoms with Crippen LogP contribution < -0.4 is 5.32 Å². The number of hydrogen-bond acceptors (Lipinski definition) is 2. The molecule has 1 amide bonds. The first-order valence-electron chi connectivity index (χ1n) is 6.30. The van der Waals surface area contributed by atoms with E-state index in [4.69, 9.17) is 0 Å². The molecule has 0 aromatic heterocycles. The van der Waals surface area contributed by atoms with Gasteiger partial charge < -0.3 is 10.2 Å². The third-order valence-corrected chi connectivity index (χ3v) is 3.18. The van der Waals surface area contributed by atoms with Crippen LogP contribution in [-0.4, -0.2) is 30.4 Å². The molecule has 0 bridgehead atoms. The normalized spacial score (nSPS) is 15.2.